The van der Waals surface area contributed by atoms with Gasteiger partial charge in [-0.2, -0.15) is 9.40 Å². The van der Waals surface area contributed by atoms with Gasteiger partial charge in [-0.1, -0.05) is 6.07 Å². The third-order valence-electron chi connectivity index (χ3n) is 5.71. The van der Waals surface area contributed by atoms with E-state index in [1.807, 2.05) is 31.4 Å². The monoisotopic (exact) mass is 441 g/mol. The first-order valence-electron chi connectivity index (χ1n) is 10.5. The molecule has 1 aliphatic rings. The van der Waals surface area contributed by atoms with E-state index in [9.17, 15) is 13.2 Å². The van der Waals surface area contributed by atoms with E-state index in [1.54, 1.807) is 18.2 Å². The van der Waals surface area contributed by atoms with Crippen molar-refractivity contribution in [1.29, 1.82) is 0 Å². The van der Waals surface area contributed by atoms with Crippen LogP contribution in [0.1, 0.15) is 41.9 Å². The molecule has 8 nitrogen and oxygen atoms in total. The van der Waals surface area contributed by atoms with E-state index in [0.29, 0.717) is 25.2 Å². The topological polar surface area (TPSA) is 96.7 Å². The Hall–Kier alpha value is -2.78. The number of rotatable bonds is 6. The highest BCUT2D eigenvalue weighted by molar-refractivity contribution is 7.89. The maximum Gasteiger partial charge on any atom is 0.243 e. The maximum atomic E-state index is 12.8. The molecule has 1 saturated heterocycles. The number of carbonyl (C=O) groups is 1. The lowest BCUT2D eigenvalue weighted by Gasteiger charge is -2.16. The molecule has 4 rings (SSSR count). The van der Waals surface area contributed by atoms with Crippen molar-refractivity contribution in [3.8, 4) is 0 Å². The molecule has 1 amide bonds. The molecule has 3 aromatic rings. The molecule has 0 bridgehead atoms. The van der Waals surface area contributed by atoms with E-state index in [4.69, 9.17) is 0 Å². The van der Waals surface area contributed by atoms with Crippen LogP contribution in [-0.2, 0) is 21.2 Å². The van der Waals surface area contributed by atoms with Crippen LogP contribution in [0.2, 0.25) is 0 Å². The number of amides is 1. The molecule has 0 aliphatic carbocycles. The SMILES string of the molecule is Cc1cc2nc(C)c(CCC(=O)Nc3cccc(S(=O)(=O)N4CCCC4)c3)c(C)n2n1. The average molecular weight is 442 g/mol. The highest BCUT2D eigenvalue weighted by Gasteiger charge is 2.27. The summed E-state index contributed by atoms with van der Waals surface area (Å²) in [6.07, 6.45) is 2.55. The van der Waals surface area contributed by atoms with Crippen molar-refractivity contribution < 1.29 is 13.2 Å². The summed E-state index contributed by atoms with van der Waals surface area (Å²) in [4.78, 5) is 17.4. The van der Waals surface area contributed by atoms with Crippen molar-refractivity contribution in [1.82, 2.24) is 18.9 Å². The molecule has 0 atom stereocenters. The molecule has 0 unspecified atom stereocenters. The van der Waals surface area contributed by atoms with Gasteiger partial charge in [0.1, 0.15) is 0 Å². The second kappa shape index (κ2) is 8.39. The van der Waals surface area contributed by atoms with Gasteiger partial charge in [0, 0.05) is 42.7 Å². The van der Waals surface area contributed by atoms with Gasteiger partial charge < -0.3 is 5.32 Å². The van der Waals surface area contributed by atoms with Crippen LogP contribution >= 0.6 is 0 Å². The van der Waals surface area contributed by atoms with Crippen molar-refractivity contribution in [2.75, 3.05) is 18.4 Å². The Bertz CT molecular complexity index is 1240. The largest absolute Gasteiger partial charge is 0.326 e. The van der Waals surface area contributed by atoms with Crippen LogP contribution in [0.4, 0.5) is 5.69 Å². The number of benzene rings is 1. The van der Waals surface area contributed by atoms with Crippen molar-refractivity contribution in [2.24, 2.45) is 0 Å². The summed E-state index contributed by atoms with van der Waals surface area (Å²) in [7, 11) is -3.52. The van der Waals surface area contributed by atoms with Gasteiger partial charge in [0.05, 0.1) is 10.6 Å². The standard InChI is InChI=1S/C22H27N5O3S/c1-15-13-21-23-16(2)20(17(3)27(21)25-15)9-10-22(28)24-18-7-6-8-19(14-18)31(29,30)26-11-4-5-12-26/h6-8,13-14H,4-5,9-12H2,1-3H3,(H,24,28). The lowest BCUT2D eigenvalue weighted by Crippen LogP contribution is -2.27. The van der Waals surface area contributed by atoms with Crippen LogP contribution in [-0.4, -0.2) is 46.3 Å². The molecule has 1 fully saturated rings. The van der Waals surface area contributed by atoms with Gasteiger partial charge in [0.25, 0.3) is 0 Å². The van der Waals surface area contributed by atoms with Gasteiger partial charge in [-0.3, -0.25) is 4.79 Å². The fourth-order valence-electron chi connectivity index (χ4n) is 4.08. The number of sulfonamides is 1. The van der Waals surface area contributed by atoms with E-state index in [2.05, 4.69) is 15.4 Å². The second-order valence-electron chi connectivity index (χ2n) is 8.00. The fraction of sp³-hybridized carbons (Fsp3) is 0.409. The van der Waals surface area contributed by atoms with Crippen LogP contribution < -0.4 is 5.32 Å². The number of carbonyl (C=O) groups excluding carboxylic acids is 1. The number of aryl methyl sites for hydroxylation is 3. The molecule has 0 saturated carbocycles. The first-order valence-corrected chi connectivity index (χ1v) is 11.9. The molecule has 1 aromatic carbocycles. The minimum Gasteiger partial charge on any atom is -0.326 e. The summed E-state index contributed by atoms with van der Waals surface area (Å²) < 4.78 is 28.8. The summed E-state index contributed by atoms with van der Waals surface area (Å²) in [5.74, 6) is -0.175. The average Bonchev–Trinajstić information content (AvgIpc) is 3.38. The van der Waals surface area contributed by atoms with Crippen molar-refractivity contribution in [3.05, 3.63) is 53.0 Å². The summed E-state index contributed by atoms with van der Waals surface area (Å²) in [5, 5.41) is 7.30. The van der Waals surface area contributed by atoms with E-state index in [0.717, 1.165) is 41.1 Å². The van der Waals surface area contributed by atoms with Crippen molar-refractivity contribution in [3.63, 3.8) is 0 Å². The second-order valence-corrected chi connectivity index (χ2v) is 9.94. The first-order chi connectivity index (χ1) is 14.8. The van der Waals surface area contributed by atoms with Crippen LogP contribution in [0.25, 0.3) is 5.65 Å². The van der Waals surface area contributed by atoms with Gasteiger partial charge >= 0.3 is 0 Å². The molecule has 2 aromatic heterocycles. The highest BCUT2D eigenvalue weighted by atomic mass is 32.2. The fourth-order valence-corrected chi connectivity index (χ4v) is 5.64. The normalized spacial score (nSPS) is 14.9. The molecule has 31 heavy (non-hydrogen) atoms. The minimum atomic E-state index is -3.52. The highest BCUT2D eigenvalue weighted by Crippen LogP contribution is 2.23. The zero-order valence-electron chi connectivity index (χ0n) is 18.1. The minimum absolute atomic E-state index is 0.175. The lowest BCUT2D eigenvalue weighted by atomic mass is 10.1. The van der Waals surface area contributed by atoms with E-state index in [1.165, 1.54) is 10.4 Å². The third-order valence-corrected chi connectivity index (χ3v) is 7.60. The van der Waals surface area contributed by atoms with Crippen molar-refractivity contribution >= 4 is 27.3 Å². The van der Waals surface area contributed by atoms with Gasteiger partial charge in [-0.05, 0) is 63.8 Å². The number of hydrogen-bond acceptors (Lipinski definition) is 5. The maximum absolute atomic E-state index is 12.8. The quantitative estimate of drug-likeness (QED) is 0.634. The number of anilines is 1. The molecule has 0 spiro atoms. The summed E-state index contributed by atoms with van der Waals surface area (Å²) >= 11 is 0. The van der Waals surface area contributed by atoms with Crippen LogP contribution in [0, 0.1) is 20.8 Å². The Morgan fingerprint density at radius 2 is 1.87 bits per heavy atom. The third kappa shape index (κ3) is 4.33. The van der Waals surface area contributed by atoms with Crippen LogP contribution in [0.3, 0.4) is 0 Å². The number of nitrogens with zero attached hydrogens (tertiary/aromatic N) is 4. The van der Waals surface area contributed by atoms with Crippen LogP contribution in [0.15, 0.2) is 35.2 Å². The molecule has 1 aliphatic heterocycles. The molecule has 3 heterocycles. The number of nitrogens with one attached hydrogen (secondary N) is 1. The summed E-state index contributed by atoms with van der Waals surface area (Å²) in [5.41, 5.74) is 5.04. The number of aromatic nitrogens is 3. The molecular formula is C22H27N5O3S. The van der Waals surface area contributed by atoms with Crippen molar-refractivity contribution in [2.45, 2.75) is 51.3 Å². The van der Waals surface area contributed by atoms with E-state index >= 15 is 0 Å². The summed E-state index contributed by atoms with van der Waals surface area (Å²) in [6, 6.07) is 8.40. The Balaban J connectivity index is 1.46. The van der Waals surface area contributed by atoms with Gasteiger partial charge in [0.15, 0.2) is 5.65 Å². The van der Waals surface area contributed by atoms with E-state index < -0.39 is 10.0 Å². The Morgan fingerprint density at radius 1 is 1.13 bits per heavy atom. The molecular weight excluding hydrogens is 414 g/mol. The van der Waals surface area contributed by atoms with Gasteiger partial charge in [-0.25, -0.2) is 17.9 Å². The number of hydrogen-bond donors (Lipinski definition) is 1. The predicted molar refractivity (Wildman–Crippen MR) is 119 cm³/mol. The Kier molecular flexibility index (Phi) is 5.81. The van der Waals surface area contributed by atoms with Crippen LogP contribution in [0.5, 0.6) is 0 Å². The molecule has 164 valence electrons. The smallest absolute Gasteiger partial charge is 0.243 e. The zero-order valence-corrected chi connectivity index (χ0v) is 18.9. The molecule has 9 heteroatoms. The van der Waals surface area contributed by atoms with Gasteiger partial charge in [-0.15, -0.1) is 0 Å². The predicted octanol–water partition coefficient (Wildman–Crippen LogP) is 3.01. The summed E-state index contributed by atoms with van der Waals surface area (Å²) in [6.45, 7) is 6.94. The number of fused-ring (bicyclic) bond motifs is 1. The first kappa shape index (κ1) is 21.5. The lowest BCUT2D eigenvalue weighted by molar-refractivity contribution is -0.116. The van der Waals surface area contributed by atoms with Gasteiger partial charge in [0.2, 0.25) is 15.9 Å². The molecule has 0 radical (unpaired) electrons. The zero-order chi connectivity index (χ0) is 22.2. The molecule has 1 N–H and O–H groups in total. The Labute approximate surface area is 182 Å². The Morgan fingerprint density at radius 3 is 2.61 bits per heavy atom. The van der Waals surface area contributed by atoms with E-state index in [-0.39, 0.29) is 17.2 Å².